The number of ether oxygens (including phenoxy) is 1. The van der Waals surface area contributed by atoms with Crippen LogP contribution in [0.4, 0.5) is 11.4 Å². The maximum absolute atomic E-state index is 11.5. The minimum atomic E-state index is -0.461. The highest BCUT2D eigenvalue weighted by Gasteiger charge is 2.10. The Labute approximate surface area is 110 Å². The Morgan fingerprint density at radius 1 is 1.47 bits per heavy atom. The molecule has 0 aliphatic rings. The molecule has 6 heteroatoms. The van der Waals surface area contributed by atoms with Gasteiger partial charge < -0.3 is 20.3 Å². The van der Waals surface area contributed by atoms with Crippen LogP contribution in [-0.4, -0.2) is 18.2 Å². The fourth-order valence-electron chi connectivity index (χ4n) is 1.64. The predicted octanol–water partition coefficient (Wildman–Crippen LogP) is 1.96. The lowest BCUT2D eigenvalue weighted by atomic mass is 10.1. The van der Waals surface area contributed by atoms with Crippen LogP contribution in [0.1, 0.15) is 21.8 Å². The van der Waals surface area contributed by atoms with Crippen molar-refractivity contribution in [3.63, 3.8) is 0 Å². The molecule has 6 nitrogen and oxygen atoms in total. The smallest absolute Gasteiger partial charge is 0.340 e. The van der Waals surface area contributed by atoms with Gasteiger partial charge in [0, 0.05) is 17.4 Å². The summed E-state index contributed by atoms with van der Waals surface area (Å²) in [6, 6.07) is 6.92. The molecule has 0 unspecified atom stereocenters. The zero-order valence-electron chi connectivity index (χ0n) is 10.8. The van der Waals surface area contributed by atoms with Gasteiger partial charge in [-0.25, -0.2) is 4.79 Å². The first-order valence-electron chi connectivity index (χ1n) is 5.74. The van der Waals surface area contributed by atoms with E-state index in [0.29, 0.717) is 23.6 Å². The maximum Gasteiger partial charge on any atom is 0.340 e. The third kappa shape index (κ3) is 3.04. The molecule has 0 saturated carbocycles. The zero-order chi connectivity index (χ0) is 13.8. The molecule has 0 spiro atoms. The van der Waals surface area contributed by atoms with Crippen molar-refractivity contribution in [3.8, 4) is 0 Å². The lowest BCUT2D eigenvalue weighted by Gasteiger charge is -2.08. The van der Waals surface area contributed by atoms with Gasteiger partial charge in [0.2, 0.25) is 0 Å². The number of methoxy groups -OCH3 is 1. The molecule has 2 rings (SSSR count). The Morgan fingerprint density at radius 2 is 2.26 bits per heavy atom. The number of nitrogens with zero attached hydrogens (tertiary/aromatic N) is 1. The monoisotopic (exact) mass is 261 g/mol. The number of esters is 1. The van der Waals surface area contributed by atoms with Crippen LogP contribution in [0.5, 0.6) is 0 Å². The molecule has 1 aromatic heterocycles. The predicted molar refractivity (Wildman–Crippen MR) is 70.8 cm³/mol. The quantitative estimate of drug-likeness (QED) is 0.646. The molecule has 2 aromatic rings. The molecule has 100 valence electrons. The van der Waals surface area contributed by atoms with Crippen LogP contribution >= 0.6 is 0 Å². The number of aromatic nitrogens is 1. The standard InChI is InChI=1S/C13H15N3O3/c1-8-5-10(19-16-8)7-15-9-3-4-12(14)11(6-9)13(17)18-2/h3-6,15H,7,14H2,1-2H3. The number of nitrogen functional groups attached to an aromatic ring is 1. The van der Waals surface area contributed by atoms with Gasteiger partial charge in [-0.2, -0.15) is 0 Å². The summed E-state index contributed by atoms with van der Waals surface area (Å²) in [5.74, 6) is 0.255. The Kier molecular flexibility index (Phi) is 3.70. The number of carbonyl (C=O) groups is 1. The lowest BCUT2D eigenvalue weighted by molar-refractivity contribution is 0.0602. The number of hydrogen-bond acceptors (Lipinski definition) is 6. The fraction of sp³-hybridized carbons (Fsp3) is 0.231. The summed E-state index contributed by atoms with van der Waals surface area (Å²) in [6.45, 7) is 2.33. The van der Waals surface area contributed by atoms with E-state index in [9.17, 15) is 4.79 Å². The Hall–Kier alpha value is -2.50. The first kappa shape index (κ1) is 12.9. The van der Waals surface area contributed by atoms with Crippen molar-refractivity contribution in [2.24, 2.45) is 0 Å². The number of nitrogens with one attached hydrogen (secondary N) is 1. The Balaban J connectivity index is 2.10. The minimum absolute atomic E-state index is 0.334. The second kappa shape index (κ2) is 5.43. The average Bonchev–Trinajstić information content (AvgIpc) is 2.83. The topological polar surface area (TPSA) is 90.4 Å². The lowest BCUT2D eigenvalue weighted by Crippen LogP contribution is -2.07. The second-order valence-corrected chi connectivity index (χ2v) is 4.08. The van der Waals surface area contributed by atoms with E-state index >= 15 is 0 Å². The van der Waals surface area contributed by atoms with Gasteiger partial charge in [-0.3, -0.25) is 0 Å². The molecule has 0 amide bonds. The molecular weight excluding hydrogens is 246 g/mol. The third-order valence-electron chi connectivity index (χ3n) is 2.60. The zero-order valence-corrected chi connectivity index (χ0v) is 10.8. The van der Waals surface area contributed by atoms with Gasteiger partial charge in [0.05, 0.1) is 24.9 Å². The summed E-state index contributed by atoms with van der Waals surface area (Å²) in [6.07, 6.45) is 0. The maximum atomic E-state index is 11.5. The number of carbonyl (C=O) groups excluding carboxylic acids is 1. The number of anilines is 2. The SMILES string of the molecule is COC(=O)c1cc(NCc2cc(C)no2)ccc1N. The van der Waals surface area contributed by atoms with Crippen LogP contribution in [0.15, 0.2) is 28.8 Å². The summed E-state index contributed by atoms with van der Waals surface area (Å²) < 4.78 is 9.74. The summed E-state index contributed by atoms with van der Waals surface area (Å²) in [4.78, 5) is 11.5. The van der Waals surface area contributed by atoms with Crippen molar-refractivity contribution < 1.29 is 14.1 Å². The van der Waals surface area contributed by atoms with E-state index in [-0.39, 0.29) is 0 Å². The first-order valence-corrected chi connectivity index (χ1v) is 5.74. The van der Waals surface area contributed by atoms with Crippen LogP contribution < -0.4 is 11.1 Å². The van der Waals surface area contributed by atoms with Gasteiger partial charge >= 0.3 is 5.97 Å². The van der Waals surface area contributed by atoms with Crippen LogP contribution in [0.3, 0.4) is 0 Å². The summed E-state index contributed by atoms with van der Waals surface area (Å²) in [7, 11) is 1.32. The molecule has 0 radical (unpaired) electrons. The molecule has 1 aromatic carbocycles. The van der Waals surface area contributed by atoms with Gasteiger partial charge in [-0.05, 0) is 25.1 Å². The summed E-state index contributed by atoms with van der Waals surface area (Å²) in [5.41, 5.74) is 8.01. The highest BCUT2D eigenvalue weighted by molar-refractivity contribution is 5.96. The van der Waals surface area contributed by atoms with E-state index in [1.165, 1.54) is 7.11 Å². The number of aryl methyl sites for hydroxylation is 1. The van der Waals surface area contributed by atoms with E-state index in [1.54, 1.807) is 18.2 Å². The third-order valence-corrected chi connectivity index (χ3v) is 2.60. The van der Waals surface area contributed by atoms with Gasteiger partial charge in [0.15, 0.2) is 5.76 Å². The normalized spacial score (nSPS) is 10.2. The number of hydrogen-bond donors (Lipinski definition) is 2. The molecule has 3 N–H and O–H groups in total. The molecule has 0 saturated heterocycles. The van der Waals surface area contributed by atoms with E-state index in [4.69, 9.17) is 10.3 Å². The number of rotatable bonds is 4. The molecule has 0 bridgehead atoms. The molecule has 19 heavy (non-hydrogen) atoms. The van der Waals surface area contributed by atoms with Gasteiger partial charge in [0.1, 0.15) is 0 Å². The van der Waals surface area contributed by atoms with Crippen molar-refractivity contribution in [3.05, 3.63) is 41.3 Å². The largest absolute Gasteiger partial charge is 0.465 e. The number of benzene rings is 1. The van der Waals surface area contributed by atoms with Crippen molar-refractivity contribution >= 4 is 17.3 Å². The first-order chi connectivity index (χ1) is 9.10. The molecule has 0 aliphatic heterocycles. The Bertz CT molecular complexity index is 593. The highest BCUT2D eigenvalue weighted by Crippen LogP contribution is 2.19. The van der Waals surface area contributed by atoms with Crippen LogP contribution in [0.25, 0.3) is 0 Å². The van der Waals surface area contributed by atoms with E-state index < -0.39 is 5.97 Å². The Morgan fingerprint density at radius 3 is 2.89 bits per heavy atom. The minimum Gasteiger partial charge on any atom is -0.465 e. The van der Waals surface area contributed by atoms with Crippen molar-refractivity contribution in [2.75, 3.05) is 18.2 Å². The van der Waals surface area contributed by atoms with E-state index in [2.05, 4.69) is 15.2 Å². The van der Waals surface area contributed by atoms with Crippen molar-refractivity contribution in [1.29, 1.82) is 0 Å². The van der Waals surface area contributed by atoms with E-state index in [1.807, 2.05) is 13.0 Å². The fourth-order valence-corrected chi connectivity index (χ4v) is 1.64. The van der Waals surface area contributed by atoms with E-state index in [0.717, 1.165) is 11.4 Å². The van der Waals surface area contributed by atoms with Gasteiger partial charge in [0.25, 0.3) is 0 Å². The highest BCUT2D eigenvalue weighted by atomic mass is 16.5. The molecular formula is C13H15N3O3. The molecule has 0 atom stereocenters. The van der Waals surface area contributed by atoms with Crippen LogP contribution in [0.2, 0.25) is 0 Å². The van der Waals surface area contributed by atoms with Crippen LogP contribution in [0, 0.1) is 6.92 Å². The average molecular weight is 261 g/mol. The van der Waals surface area contributed by atoms with Crippen molar-refractivity contribution in [2.45, 2.75) is 13.5 Å². The van der Waals surface area contributed by atoms with Crippen LogP contribution in [-0.2, 0) is 11.3 Å². The van der Waals surface area contributed by atoms with Gasteiger partial charge in [-0.1, -0.05) is 5.16 Å². The second-order valence-electron chi connectivity index (χ2n) is 4.08. The molecule has 1 heterocycles. The number of nitrogens with two attached hydrogens (primary N) is 1. The van der Waals surface area contributed by atoms with Crippen molar-refractivity contribution in [1.82, 2.24) is 5.16 Å². The summed E-state index contributed by atoms with van der Waals surface area (Å²) >= 11 is 0. The summed E-state index contributed by atoms with van der Waals surface area (Å²) in [5, 5.41) is 6.92. The van der Waals surface area contributed by atoms with Gasteiger partial charge in [-0.15, -0.1) is 0 Å². The molecule has 0 fully saturated rings. The molecule has 0 aliphatic carbocycles.